The Morgan fingerprint density at radius 3 is 2.62 bits per heavy atom. The Bertz CT molecular complexity index is 314. The van der Waals surface area contributed by atoms with Gasteiger partial charge in [0.2, 0.25) is 0 Å². The number of ether oxygens (including phenoxy) is 1. The van der Waals surface area contributed by atoms with Crippen LogP contribution in [0.2, 0.25) is 0 Å². The maximum Gasteiger partial charge on any atom is 1.00 e. The average molecular weight is 187 g/mol. The van der Waals surface area contributed by atoms with Crippen LogP contribution >= 0.6 is 0 Å². The normalized spacial score (nSPS) is 8.69. The fourth-order valence-corrected chi connectivity index (χ4v) is 0.926. The van der Waals surface area contributed by atoms with Crippen molar-refractivity contribution in [1.82, 2.24) is 0 Å². The molecule has 4 nitrogen and oxygen atoms in total. The Labute approximate surface area is 99.1 Å². The fourth-order valence-electron chi connectivity index (χ4n) is 0.926. The third-order valence-corrected chi connectivity index (χ3v) is 1.54. The van der Waals surface area contributed by atoms with Crippen molar-refractivity contribution < 1.29 is 34.3 Å². The molecule has 13 heavy (non-hydrogen) atoms. The predicted octanol–water partition coefficient (Wildman–Crippen LogP) is -1.33. The molecule has 0 aliphatic heterocycles. The van der Waals surface area contributed by atoms with E-state index in [1.54, 1.807) is 18.2 Å². The van der Waals surface area contributed by atoms with Gasteiger partial charge in [0.15, 0.2) is 0 Å². The van der Waals surface area contributed by atoms with Gasteiger partial charge in [-0.3, -0.25) is 5.41 Å². The maximum atomic E-state index is 7.53. The second-order valence-electron chi connectivity index (χ2n) is 2.30. The zero-order chi connectivity index (χ0) is 9.14. The predicted molar refractivity (Wildman–Crippen MR) is 48.0 cm³/mol. The van der Waals surface area contributed by atoms with Gasteiger partial charge in [0.25, 0.3) is 0 Å². The molecule has 0 bridgehead atoms. The smallest absolute Gasteiger partial charge is 0.695 e. The Kier molecular flexibility index (Phi) is 4.83. The van der Waals surface area contributed by atoms with Crippen molar-refractivity contribution in [1.29, 1.82) is 5.41 Å². The number of nitrogens with two attached hydrogens (primary N) is 1. The molecule has 0 saturated carbocycles. The molecule has 0 heterocycles. The molecule has 1 rings (SSSR count). The SMILES string of the molecule is COc1cccc(C(=N)N)c1[NH-].[Na+]. The largest absolute Gasteiger partial charge is 1.00 e. The minimum Gasteiger partial charge on any atom is -0.695 e. The molecule has 4 N–H and O–H groups in total. The average Bonchev–Trinajstić information content (AvgIpc) is 2.04. The first kappa shape index (κ1) is 12.3. The number of nitrogen functional groups attached to an aromatic ring is 1. The summed E-state index contributed by atoms with van der Waals surface area (Å²) in [5.74, 6) is 0.321. The van der Waals surface area contributed by atoms with Crippen molar-refractivity contribution in [3.05, 3.63) is 29.5 Å². The third-order valence-electron chi connectivity index (χ3n) is 1.54. The van der Waals surface area contributed by atoms with Crippen LogP contribution < -0.4 is 40.0 Å². The molecule has 1 aromatic rings. The van der Waals surface area contributed by atoms with Gasteiger partial charge in [-0.15, -0.1) is 0 Å². The molecule has 0 aromatic heterocycles. The van der Waals surface area contributed by atoms with Crippen LogP contribution in [0, 0.1) is 5.41 Å². The maximum absolute atomic E-state index is 7.53. The summed E-state index contributed by atoms with van der Waals surface area (Å²) in [5, 5.41) is 7.15. The van der Waals surface area contributed by atoms with E-state index >= 15 is 0 Å². The molecule has 0 spiro atoms. The van der Waals surface area contributed by atoms with Crippen LogP contribution in [0.15, 0.2) is 18.2 Å². The van der Waals surface area contributed by atoms with Gasteiger partial charge in [0.1, 0.15) is 11.6 Å². The fraction of sp³-hybridized carbons (Fsp3) is 0.125. The molecule has 0 radical (unpaired) electrons. The molecule has 0 amide bonds. The number of nitrogens with one attached hydrogen (secondary N) is 2. The van der Waals surface area contributed by atoms with E-state index in [4.69, 9.17) is 21.6 Å². The molecule has 0 aliphatic rings. The molecule has 64 valence electrons. The van der Waals surface area contributed by atoms with E-state index in [0.717, 1.165) is 0 Å². The van der Waals surface area contributed by atoms with E-state index in [1.807, 2.05) is 0 Å². The Morgan fingerprint density at radius 2 is 2.15 bits per heavy atom. The first-order valence-electron chi connectivity index (χ1n) is 3.40. The second kappa shape index (κ2) is 5.11. The number of benzene rings is 1. The van der Waals surface area contributed by atoms with Crippen molar-refractivity contribution in [2.45, 2.75) is 0 Å². The summed E-state index contributed by atoms with van der Waals surface area (Å²) in [6.07, 6.45) is 0. The van der Waals surface area contributed by atoms with Crippen molar-refractivity contribution in [3.63, 3.8) is 0 Å². The Hall–Kier alpha value is -0.710. The van der Waals surface area contributed by atoms with Gasteiger partial charge < -0.3 is 16.2 Å². The van der Waals surface area contributed by atoms with E-state index in [9.17, 15) is 0 Å². The summed E-state index contributed by atoms with van der Waals surface area (Å²) in [6, 6.07) is 4.98. The molecule has 5 heteroatoms. The first-order valence-corrected chi connectivity index (χ1v) is 3.40. The summed E-state index contributed by atoms with van der Waals surface area (Å²) in [6.45, 7) is 0. The summed E-state index contributed by atoms with van der Waals surface area (Å²) in [7, 11) is 1.48. The minimum absolute atomic E-state index is 0. The molecule has 0 unspecified atom stereocenters. The third kappa shape index (κ3) is 2.62. The van der Waals surface area contributed by atoms with Gasteiger partial charge >= 0.3 is 29.6 Å². The van der Waals surface area contributed by atoms with Crippen LogP contribution in [0.1, 0.15) is 5.56 Å². The number of amidine groups is 1. The zero-order valence-electron chi connectivity index (χ0n) is 7.72. The minimum atomic E-state index is -0.112. The van der Waals surface area contributed by atoms with E-state index in [2.05, 4.69) is 0 Å². The molecule has 0 fully saturated rings. The van der Waals surface area contributed by atoms with Crippen molar-refractivity contribution in [3.8, 4) is 5.75 Å². The molecule has 0 saturated heterocycles. The first-order chi connectivity index (χ1) is 5.66. The number of hydrogen-bond donors (Lipinski definition) is 2. The van der Waals surface area contributed by atoms with Gasteiger partial charge in [0, 0.05) is 5.56 Å². The number of rotatable bonds is 2. The standard InChI is InChI=1S/C8H10N3O.Na/c1-12-6-4-2-3-5(7(6)9)8(10)11;/h2-4,9H,1H3,(H3,10,11);/q-1;+1. The van der Waals surface area contributed by atoms with E-state index < -0.39 is 0 Å². The molecular weight excluding hydrogens is 177 g/mol. The van der Waals surface area contributed by atoms with Crippen LogP contribution in [0.4, 0.5) is 5.69 Å². The summed E-state index contributed by atoms with van der Waals surface area (Å²) >= 11 is 0. The van der Waals surface area contributed by atoms with E-state index in [0.29, 0.717) is 11.3 Å². The van der Waals surface area contributed by atoms with Gasteiger partial charge in [-0.25, -0.2) is 0 Å². The van der Waals surface area contributed by atoms with Crippen LogP contribution in [0.3, 0.4) is 0 Å². The summed E-state index contributed by atoms with van der Waals surface area (Å²) in [5.41, 5.74) is 13.3. The van der Waals surface area contributed by atoms with Crippen LogP contribution in [0.25, 0.3) is 5.73 Å². The summed E-state index contributed by atoms with van der Waals surface area (Å²) in [4.78, 5) is 0. The monoisotopic (exact) mass is 187 g/mol. The summed E-state index contributed by atoms with van der Waals surface area (Å²) < 4.78 is 4.90. The Balaban J connectivity index is 0.00000144. The number of hydrogen-bond acceptors (Lipinski definition) is 2. The van der Waals surface area contributed by atoms with Crippen molar-refractivity contribution in [2.75, 3.05) is 7.11 Å². The van der Waals surface area contributed by atoms with Gasteiger partial charge in [-0.2, -0.15) is 0 Å². The molecule has 0 atom stereocenters. The van der Waals surface area contributed by atoms with E-state index in [1.165, 1.54) is 7.11 Å². The van der Waals surface area contributed by atoms with Gasteiger partial charge in [0.05, 0.1) is 7.11 Å². The number of methoxy groups -OCH3 is 1. The Morgan fingerprint density at radius 1 is 1.54 bits per heavy atom. The van der Waals surface area contributed by atoms with Gasteiger partial charge in [-0.05, 0) is 6.07 Å². The second-order valence-corrected chi connectivity index (χ2v) is 2.30. The topological polar surface area (TPSA) is 82.9 Å². The zero-order valence-corrected chi connectivity index (χ0v) is 9.72. The molecule has 1 aromatic carbocycles. The molecular formula is C8H10N3NaO. The quantitative estimate of drug-likeness (QED) is 0.341. The van der Waals surface area contributed by atoms with Gasteiger partial charge in [-0.1, -0.05) is 17.8 Å². The van der Waals surface area contributed by atoms with E-state index in [-0.39, 0.29) is 41.1 Å². The van der Waals surface area contributed by atoms with Crippen LogP contribution in [0.5, 0.6) is 5.75 Å². The molecule has 0 aliphatic carbocycles. The van der Waals surface area contributed by atoms with Crippen LogP contribution in [-0.4, -0.2) is 12.9 Å². The van der Waals surface area contributed by atoms with Crippen LogP contribution in [-0.2, 0) is 0 Å². The van der Waals surface area contributed by atoms with Crippen molar-refractivity contribution in [2.24, 2.45) is 5.73 Å². The van der Waals surface area contributed by atoms with Crippen molar-refractivity contribution >= 4 is 11.5 Å².